The molecule has 2 aromatic rings. The second-order valence-corrected chi connectivity index (χ2v) is 11.5. The number of amides is 1. The second kappa shape index (κ2) is 8.66. The Hall–Kier alpha value is -1.20. The Morgan fingerprint density at radius 2 is 1.88 bits per heavy atom. The first-order chi connectivity index (χ1) is 12.1. The first-order valence-electron chi connectivity index (χ1n) is 7.61. The van der Waals surface area contributed by atoms with Crippen molar-refractivity contribution >= 4 is 55.8 Å². The molecule has 0 aliphatic rings. The van der Waals surface area contributed by atoms with E-state index in [1.807, 2.05) is 0 Å². The van der Waals surface area contributed by atoms with Gasteiger partial charge in [-0.05, 0) is 24.3 Å². The van der Waals surface area contributed by atoms with Crippen molar-refractivity contribution in [2.24, 2.45) is 0 Å². The highest BCUT2D eigenvalue weighted by Gasteiger charge is 2.21. The molecule has 1 aromatic carbocycles. The van der Waals surface area contributed by atoms with Gasteiger partial charge in [0.25, 0.3) is 15.9 Å². The van der Waals surface area contributed by atoms with Gasteiger partial charge < -0.3 is 0 Å². The molecule has 11 heteroatoms. The maximum atomic E-state index is 12.2. The maximum absolute atomic E-state index is 12.2. The van der Waals surface area contributed by atoms with Crippen LogP contribution in [0.15, 0.2) is 28.6 Å². The first kappa shape index (κ1) is 21.1. The van der Waals surface area contributed by atoms with Crippen LogP contribution in [-0.4, -0.2) is 41.6 Å². The van der Waals surface area contributed by atoms with E-state index in [0.29, 0.717) is 16.3 Å². The largest absolute Gasteiger partial charge is 0.296 e. The van der Waals surface area contributed by atoms with E-state index in [4.69, 9.17) is 11.6 Å². The van der Waals surface area contributed by atoms with E-state index in [2.05, 4.69) is 41.0 Å². The molecule has 0 aliphatic heterocycles. The van der Waals surface area contributed by atoms with E-state index >= 15 is 0 Å². The monoisotopic (exact) mass is 434 g/mol. The molecule has 0 bridgehead atoms. The van der Waals surface area contributed by atoms with Crippen LogP contribution < -0.4 is 10.0 Å². The molecule has 0 saturated heterocycles. The summed E-state index contributed by atoms with van der Waals surface area (Å²) < 4.78 is 26.8. The van der Waals surface area contributed by atoms with Crippen molar-refractivity contribution in [2.45, 2.75) is 29.9 Å². The summed E-state index contributed by atoms with van der Waals surface area (Å²) in [6.45, 7) is 6.47. The summed E-state index contributed by atoms with van der Waals surface area (Å²) in [6, 6.07) is 6.30. The number of carbonyl (C=O) groups excluding carboxylic acids is 1. The number of nitrogens with one attached hydrogen (secondary N) is 2. The van der Waals surface area contributed by atoms with E-state index in [-0.39, 0.29) is 20.8 Å². The maximum Gasteiger partial charge on any atom is 0.269 e. The molecule has 0 atom stereocenters. The fourth-order valence-corrected chi connectivity index (χ4v) is 4.77. The zero-order valence-electron chi connectivity index (χ0n) is 14.4. The van der Waals surface area contributed by atoms with Crippen LogP contribution in [0.1, 0.15) is 31.1 Å². The summed E-state index contributed by atoms with van der Waals surface area (Å²) >= 11 is 8.23. The van der Waals surface area contributed by atoms with Crippen LogP contribution in [0.2, 0.25) is 5.02 Å². The number of anilines is 1. The van der Waals surface area contributed by atoms with E-state index < -0.39 is 15.9 Å². The molecule has 1 aromatic heterocycles. The van der Waals surface area contributed by atoms with Crippen molar-refractivity contribution in [2.75, 3.05) is 17.6 Å². The Kier molecular flexibility index (Phi) is 7.03. The molecule has 2 rings (SSSR count). The summed E-state index contributed by atoms with van der Waals surface area (Å²) in [6.07, 6.45) is 0. The normalized spacial score (nSPS) is 12.2. The quantitative estimate of drug-likeness (QED) is 0.512. The molecule has 142 valence electrons. The number of benzene rings is 1. The predicted octanol–water partition coefficient (Wildman–Crippen LogP) is 3.25. The molecule has 26 heavy (non-hydrogen) atoms. The molecule has 0 saturated carbocycles. The van der Waals surface area contributed by atoms with Crippen molar-refractivity contribution < 1.29 is 13.2 Å². The van der Waals surface area contributed by atoms with Gasteiger partial charge in [-0.25, -0.2) is 13.1 Å². The molecular weight excluding hydrogens is 416 g/mol. The number of sulfonamides is 1. The van der Waals surface area contributed by atoms with Crippen LogP contribution in [0.5, 0.6) is 0 Å². The molecule has 0 aliphatic carbocycles. The lowest BCUT2D eigenvalue weighted by Crippen LogP contribution is -2.27. The third-order valence-electron chi connectivity index (χ3n) is 2.89. The lowest BCUT2D eigenvalue weighted by molar-refractivity contribution is 0.102. The Labute approximate surface area is 166 Å². The second-order valence-electron chi connectivity index (χ2n) is 6.19. The Morgan fingerprint density at radius 3 is 2.50 bits per heavy atom. The summed E-state index contributed by atoms with van der Waals surface area (Å²) in [5, 5.41) is 10.5. The third kappa shape index (κ3) is 6.51. The van der Waals surface area contributed by atoms with Crippen molar-refractivity contribution in [3.05, 3.63) is 34.9 Å². The topological polar surface area (TPSA) is 101 Å². The number of carbonyl (C=O) groups is 1. The van der Waals surface area contributed by atoms with Crippen LogP contribution in [-0.2, 0) is 10.0 Å². The van der Waals surface area contributed by atoms with Gasteiger partial charge in [0.2, 0.25) is 9.47 Å². The van der Waals surface area contributed by atoms with Crippen molar-refractivity contribution in [1.29, 1.82) is 0 Å². The molecule has 7 nitrogen and oxygen atoms in total. The Balaban J connectivity index is 1.95. The molecule has 2 N–H and O–H groups in total. The van der Waals surface area contributed by atoms with E-state index in [1.54, 1.807) is 36.0 Å². The fourth-order valence-electron chi connectivity index (χ4n) is 1.73. The minimum absolute atomic E-state index is 0.0628. The number of nitrogens with zero attached hydrogens (tertiary/aromatic N) is 2. The van der Waals surface area contributed by atoms with Crippen molar-refractivity contribution in [3.8, 4) is 0 Å². The van der Waals surface area contributed by atoms with E-state index in [0.717, 1.165) is 11.3 Å². The van der Waals surface area contributed by atoms with Crippen molar-refractivity contribution in [1.82, 2.24) is 14.9 Å². The number of aromatic nitrogens is 2. The van der Waals surface area contributed by atoms with Gasteiger partial charge >= 0.3 is 0 Å². The summed E-state index contributed by atoms with van der Waals surface area (Å²) in [5.74, 6) is 0.220. The molecule has 0 radical (unpaired) electrons. The van der Waals surface area contributed by atoms with Gasteiger partial charge in [-0.15, -0.1) is 10.2 Å². The van der Waals surface area contributed by atoms with Crippen LogP contribution in [0.25, 0.3) is 0 Å². The zero-order valence-corrected chi connectivity index (χ0v) is 17.7. The van der Waals surface area contributed by atoms with Crippen LogP contribution in [0, 0.1) is 0 Å². The molecule has 1 amide bonds. The van der Waals surface area contributed by atoms with Crippen LogP contribution in [0.4, 0.5) is 5.13 Å². The van der Waals surface area contributed by atoms with Crippen LogP contribution >= 0.6 is 34.7 Å². The molecule has 0 unspecified atom stereocenters. The minimum atomic E-state index is -3.75. The minimum Gasteiger partial charge on any atom is -0.296 e. The molecule has 0 fully saturated rings. The lowest BCUT2D eigenvalue weighted by atomic mass is 10.2. The van der Waals surface area contributed by atoms with Crippen molar-refractivity contribution in [3.63, 3.8) is 0 Å². The number of halogens is 1. The number of rotatable bonds is 7. The number of hydrogen-bond acceptors (Lipinski definition) is 7. The standard InChI is InChI=1S/C15H19ClN4O3S3/c1-15(2,3)24-9-8-17-26(22,23)14-20-19-13(25-14)18-12(21)10-4-6-11(16)7-5-10/h4-7,17H,8-9H2,1-3H3,(H,18,19,21). The van der Waals surface area contributed by atoms with Gasteiger partial charge in [0.15, 0.2) is 0 Å². The highest BCUT2D eigenvalue weighted by molar-refractivity contribution is 8.00. The van der Waals surface area contributed by atoms with Crippen LogP contribution in [0.3, 0.4) is 0 Å². The summed E-state index contributed by atoms with van der Waals surface area (Å²) in [7, 11) is -3.75. The first-order valence-corrected chi connectivity index (χ1v) is 11.3. The van der Waals surface area contributed by atoms with E-state index in [1.165, 1.54) is 0 Å². The predicted molar refractivity (Wildman–Crippen MR) is 107 cm³/mol. The molecular formula is C15H19ClN4O3S3. The van der Waals surface area contributed by atoms with E-state index in [9.17, 15) is 13.2 Å². The number of hydrogen-bond donors (Lipinski definition) is 2. The Bertz CT molecular complexity index is 861. The van der Waals surface area contributed by atoms with Gasteiger partial charge in [0, 0.05) is 27.6 Å². The zero-order chi connectivity index (χ0) is 19.4. The van der Waals surface area contributed by atoms with Gasteiger partial charge in [0.1, 0.15) is 0 Å². The fraction of sp³-hybridized carbons (Fsp3) is 0.400. The third-order valence-corrected chi connectivity index (χ3v) is 7.09. The highest BCUT2D eigenvalue weighted by atomic mass is 35.5. The van der Waals surface area contributed by atoms with Gasteiger partial charge in [-0.3, -0.25) is 10.1 Å². The van der Waals surface area contributed by atoms with Gasteiger partial charge in [-0.2, -0.15) is 11.8 Å². The summed E-state index contributed by atoms with van der Waals surface area (Å²) in [4.78, 5) is 12.1. The molecule has 0 spiro atoms. The Morgan fingerprint density at radius 1 is 1.23 bits per heavy atom. The van der Waals surface area contributed by atoms with Gasteiger partial charge in [0.05, 0.1) is 0 Å². The highest BCUT2D eigenvalue weighted by Crippen LogP contribution is 2.23. The van der Waals surface area contributed by atoms with Gasteiger partial charge in [-0.1, -0.05) is 43.7 Å². The summed E-state index contributed by atoms with van der Waals surface area (Å²) in [5.41, 5.74) is 0.381. The molecule has 1 heterocycles. The smallest absolute Gasteiger partial charge is 0.269 e. The lowest BCUT2D eigenvalue weighted by Gasteiger charge is -2.17. The average molecular weight is 435 g/mol. The average Bonchev–Trinajstić information content (AvgIpc) is 3.01. The SMILES string of the molecule is CC(C)(C)SCCNS(=O)(=O)c1nnc(NC(=O)c2ccc(Cl)cc2)s1. The number of thioether (sulfide) groups is 1.